The van der Waals surface area contributed by atoms with Crippen LogP contribution in [0.5, 0.6) is 5.75 Å². The van der Waals surface area contributed by atoms with Gasteiger partial charge in [-0.25, -0.2) is 8.42 Å². The highest BCUT2D eigenvalue weighted by Gasteiger charge is 2.50. The SMILES string of the molecule is CS(=O)(=O)Cc1cc(I)c2c(c1O)C(=O)C1=C(O)C3C(=O)C(C(N)=O)=C(O)CC3CC1C2. The number of halogens is 1. The van der Waals surface area contributed by atoms with Crippen LogP contribution in [0.2, 0.25) is 0 Å². The van der Waals surface area contributed by atoms with E-state index in [9.17, 15) is 38.1 Å². The molecule has 11 heteroatoms. The summed E-state index contributed by atoms with van der Waals surface area (Å²) < 4.78 is 24.1. The average Bonchev–Trinajstić information content (AvgIpc) is 2.63. The normalized spacial score (nSPS) is 25.4. The summed E-state index contributed by atoms with van der Waals surface area (Å²) in [5.41, 5.74) is 5.16. The lowest BCUT2D eigenvalue weighted by Gasteiger charge is -2.41. The van der Waals surface area contributed by atoms with E-state index in [4.69, 9.17) is 5.73 Å². The van der Waals surface area contributed by atoms with E-state index in [0.29, 0.717) is 15.6 Å². The van der Waals surface area contributed by atoms with Gasteiger partial charge in [-0.2, -0.15) is 0 Å². The number of hydrogen-bond acceptors (Lipinski definition) is 8. The number of rotatable bonds is 3. The van der Waals surface area contributed by atoms with Crippen LogP contribution in [0.4, 0.5) is 0 Å². The maximum atomic E-state index is 13.4. The standard InChI is InChI=1S/C21H20INO8S/c1-32(30,31)6-9-4-11(22)10-3-7-2-8-5-12(24)16(21(23)29)20(28)14(8)18(26)13(7)19(27)15(10)17(9)25/h4,7-8,14,24-26H,2-3,5-6H2,1H3,(H2,23,29). The fourth-order valence-corrected chi connectivity index (χ4v) is 6.76. The van der Waals surface area contributed by atoms with E-state index in [1.165, 1.54) is 6.07 Å². The second-order valence-electron chi connectivity index (χ2n) is 8.55. The summed E-state index contributed by atoms with van der Waals surface area (Å²) in [5, 5.41) is 31.9. The van der Waals surface area contributed by atoms with Crippen molar-refractivity contribution in [3.63, 3.8) is 0 Å². The van der Waals surface area contributed by atoms with Crippen LogP contribution in [0, 0.1) is 21.3 Å². The van der Waals surface area contributed by atoms with Crippen LogP contribution in [-0.2, 0) is 31.6 Å². The van der Waals surface area contributed by atoms with Gasteiger partial charge in [0.2, 0.25) is 0 Å². The second kappa shape index (κ2) is 7.58. The predicted molar refractivity (Wildman–Crippen MR) is 121 cm³/mol. The number of aliphatic hydroxyl groups excluding tert-OH is 2. The van der Waals surface area contributed by atoms with Crippen molar-refractivity contribution in [1.29, 1.82) is 0 Å². The maximum Gasteiger partial charge on any atom is 0.255 e. The zero-order valence-electron chi connectivity index (χ0n) is 16.9. The average molecular weight is 573 g/mol. The number of phenolic OH excluding ortho intramolecular Hbond substituents is 1. The first-order valence-electron chi connectivity index (χ1n) is 9.76. The van der Waals surface area contributed by atoms with E-state index in [2.05, 4.69) is 0 Å². The molecule has 0 aliphatic heterocycles. The number of aliphatic hydroxyl groups is 2. The van der Waals surface area contributed by atoms with Crippen molar-refractivity contribution in [2.45, 2.75) is 25.0 Å². The molecule has 0 saturated heterocycles. The molecule has 0 aromatic heterocycles. The number of allylic oxidation sites excluding steroid dienone is 3. The second-order valence-corrected chi connectivity index (χ2v) is 11.8. The number of ketones is 2. The largest absolute Gasteiger partial charge is 0.511 e. The molecule has 32 heavy (non-hydrogen) atoms. The van der Waals surface area contributed by atoms with Crippen molar-refractivity contribution in [2.75, 3.05) is 6.26 Å². The van der Waals surface area contributed by atoms with Crippen molar-refractivity contribution in [3.05, 3.63) is 49.0 Å². The Morgan fingerprint density at radius 3 is 2.47 bits per heavy atom. The molecule has 1 aromatic carbocycles. The van der Waals surface area contributed by atoms with Crippen molar-refractivity contribution < 1.29 is 38.1 Å². The third kappa shape index (κ3) is 3.51. The highest BCUT2D eigenvalue weighted by atomic mass is 127. The maximum absolute atomic E-state index is 13.4. The van der Waals surface area contributed by atoms with Gasteiger partial charge in [0.15, 0.2) is 21.4 Å². The summed E-state index contributed by atoms with van der Waals surface area (Å²) in [6, 6.07) is 1.53. The van der Waals surface area contributed by atoms with E-state index in [0.717, 1.165) is 6.26 Å². The first-order valence-corrected chi connectivity index (χ1v) is 12.9. The molecule has 3 aliphatic rings. The molecule has 0 bridgehead atoms. The quantitative estimate of drug-likeness (QED) is 0.312. The van der Waals surface area contributed by atoms with E-state index in [-0.39, 0.29) is 29.5 Å². The Labute approximate surface area is 197 Å². The number of amides is 1. The van der Waals surface area contributed by atoms with Crippen LogP contribution < -0.4 is 5.73 Å². The van der Waals surface area contributed by atoms with Gasteiger partial charge >= 0.3 is 0 Å². The van der Waals surface area contributed by atoms with Crippen LogP contribution in [-0.4, -0.2) is 47.5 Å². The van der Waals surface area contributed by atoms with Gasteiger partial charge in [-0.15, -0.1) is 0 Å². The van der Waals surface area contributed by atoms with E-state index >= 15 is 0 Å². The fraction of sp³-hybridized carbons (Fsp3) is 0.381. The van der Waals surface area contributed by atoms with Crippen LogP contribution in [0.25, 0.3) is 0 Å². The fourth-order valence-electron chi connectivity index (χ4n) is 5.11. The molecule has 3 atom stereocenters. The van der Waals surface area contributed by atoms with Crippen molar-refractivity contribution in [1.82, 2.24) is 0 Å². The van der Waals surface area contributed by atoms with Crippen molar-refractivity contribution >= 4 is 49.9 Å². The molecule has 3 unspecified atom stereocenters. The van der Waals surface area contributed by atoms with E-state index in [1.807, 2.05) is 22.6 Å². The molecule has 0 fully saturated rings. The van der Waals surface area contributed by atoms with Gasteiger partial charge in [0.1, 0.15) is 22.8 Å². The third-order valence-corrected chi connectivity index (χ3v) is 8.13. The number of carbonyl (C=O) groups is 3. The van der Waals surface area contributed by atoms with Gasteiger partial charge in [0.05, 0.1) is 17.2 Å². The van der Waals surface area contributed by atoms with Gasteiger partial charge in [0, 0.05) is 27.4 Å². The Morgan fingerprint density at radius 2 is 1.88 bits per heavy atom. The minimum Gasteiger partial charge on any atom is -0.511 e. The smallest absolute Gasteiger partial charge is 0.255 e. The number of nitrogens with two attached hydrogens (primary N) is 1. The number of fused-ring (bicyclic) bond motifs is 3. The molecule has 170 valence electrons. The lowest BCUT2D eigenvalue weighted by molar-refractivity contribution is -0.126. The summed E-state index contributed by atoms with van der Waals surface area (Å²) in [5.74, 6) is -6.59. The summed E-state index contributed by atoms with van der Waals surface area (Å²) >= 11 is 1.98. The minimum atomic E-state index is -3.49. The number of carbonyl (C=O) groups excluding carboxylic acids is 3. The van der Waals surface area contributed by atoms with Crippen LogP contribution in [0.15, 0.2) is 28.7 Å². The summed E-state index contributed by atoms with van der Waals surface area (Å²) in [6.45, 7) is 0. The first-order chi connectivity index (χ1) is 14.8. The Hall–Kier alpha value is -2.41. The number of sulfone groups is 1. The Balaban J connectivity index is 1.86. The predicted octanol–water partition coefficient (Wildman–Crippen LogP) is 1.61. The molecular formula is C21H20INO8S. The molecule has 4 rings (SSSR count). The molecule has 0 radical (unpaired) electrons. The highest BCUT2D eigenvalue weighted by Crippen LogP contribution is 2.50. The zero-order chi connectivity index (χ0) is 23.7. The van der Waals surface area contributed by atoms with Crippen molar-refractivity contribution in [3.8, 4) is 5.75 Å². The van der Waals surface area contributed by atoms with Gasteiger partial charge in [-0.05, 0) is 58.9 Å². The van der Waals surface area contributed by atoms with Gasteiger partial charge in [0.25, 0.3) is 5.91 Å². The number of Topliss-reactive ketones (excluding diaryl/α,β-unsaturated/α-hetero) is 2. The summed E-state index contributed by atoms with van der Waals surface area (Å²) in [4.78, 5) is 37.9. The summed E-state index contributed by atoms with van der Waals surface area (Å²) in [6.07, 6.45) is 1.58. The number of phenols is 1. The molecule has 9 nitrogen and oxygen atoms in total. The Morgan fingerprint density at radius 1 is 1.22 bits per heavy atom. The molecule has 1 aromatic rings. The molecule has 1 amide bonds. The van der Waals surface area contributed by atoms with Crippen molar-refractivity contribution in [2.24, 2.45) is 23.5 Å². The van der Waals surface area contributed by atoms with Gasteiger partial charge in [-0.1, -0.05) is 0 Å². The third-order valence-electron chi connectivity index (χ3n) is 6.33. The molecule has 0 saturated carbocycles. The first kappa shape index (κ1) is 22.8. The number of primary amides is 1. The zero-order valence-corrected chi connectivity index (χ0v) is 19.9. The highest BCUT2D eigenvalue weighted by molar-refractivity contribution is 14.1. The molecular weight excluding hydrogens is 553 g/mol. The minimum absolute atomic E-state index is 0.0279. The molecule has 0 spiro atoms. The summed E-state index contributed by atoms with van der Waals surface area (Å²) in [7, 11) is -3.49. The molecule has 3 aliphatic carbocycles. The monoisotopic (exact) mass is 573 g/mol. The van der Waals surface area contributed by atoms with Crippen LogP contribution in [0.3, 0.4) is 0 Å². The Bertz CT molecular complexity index is 1280. The van der Waals surface area contributed by atoms with E-state index in [1.54, 1.807) is 0 Å². The lowest BCUT2D eigenvalue weighted by Crippen LogP contribution is -2.43. The Kier molecular flexibility index (Phi) is 5.39. The number of hydrogen-bond donors (Lipinski definition) is 4. The lowest BCUT2D eigenvalue weighted by atomic mass is 9.62. The van der Waals surface area contributed by atoms with Crippen LogP contribution >= 0.6 is 22.6 Å². The van der Waals surface area contributed by atoms with Gasteiger partial charge < -0.3 is 21.1 Å². The number of aromatic hydroxyl groups is 1. The topological polar surface area (TPSA) is 172 Å². The van der Waals surface area contributed by atoms with Crippen LogP contribution in [0.1, 0.15) is 34.3 Å². The molecule has 5 N–H and O–H groups in total. The van der Waals surface area contributed by atoms with E-state index < -0.39 is 73.7 Å². The molecule has 0 heterocycles. The van der Waals surface area contributed by atoms with Gasteiger partial charge in [-0.3, -0.25) is 14.4 Å². The number of benzene rings is 1.